The highest BCUT2D eigenvalue weighted by molar-refractivity contribution is 5.76. The molecule has 0 aliphatic heterocycles. The SMILES string of the molecule is CCC(C)NC(=O)Cn1nc(C)c([N+](=O)[O-])c1C. The van der Waals surface area contributed by atoms with Gasteiger partial charge in [-0.05, 0) is 27.2 Å². The van der Waals surface area contributed by atoms with Crippen molar-refractivity contribution in [1.82, 2.24) is 15.1 Å². The Balaban J connectivity index is 2.83. The molecule has 1 rings (SSSR count). The van der Waals surface area contributed by atoms with E-state index in [1.54, 1.807) is 13.8 Å². The quantitative estimate of drug-likeness (QED) is 0.633. The van der Waals surface area contributed by atoms with E-state index < -0.39 is 4.92 Å². The molecule has 1 atom stereocenters. The molecule has 1 aromatic heterocycles. The molecule has 1 unspecified atom stereocenters. The molecule has 0 saturated carbocycles. The van der Waals surface area contributed by atoms with Crippen molar-refractivity contribution >= 4 is 11.6 Å². The molecule has 0 aromatic carbocycles. The van der Waals surface area contributed by atoms with Crippen molar-refractivity contribution in [2.24, 2.45) is 0 Å². The molecule has 1 N–H and O–H groups in total. The zero-order valence-electron chi connectivity index (χ0n) is 11.1. The Morgan fingerprint density at radius 3 is 2.61 bits per heavy atom. The zero-order valence-corrected chi connectivity index (χ0v) is 11.1. The van der Waals surface area contributed by atoms with Crippen LogP contribution >= 0.6 is 0 Å². The van der Waals surface area contributed by atoms with Crippen molar-refractivity contribution < 1.29 is 9.72 Å². The molecule has 1 heterocycles. The smallest absolute Gasteiger partial charge is 0.312 e. The van der Waals surface area contributed by atoms with Crippen LogP contribution in [-0.2, 0) is 11.3 Å². The summed E-state index contributed by atoms with van der Waals surface area (Å²) in [5.41, 5.74) is 0.706. The van der Waals surface area contributed by atoms with Crippen LogP contribution in [0.5, 0.6) is 0 Å². The van der Waals surface area contributed by atoms with E-state index in [0.29, 0.717) is 11.4 Å². The topological polar surface area (TPSA) is 90.1 Å². The van der Waals surface area contributed by atoms with E-state index in [-0.39, 0.29) is 24.2 Å². The molecule has 1 amide bonds. The van der Waals surface area contributed by atoms with Gasteiger partial charge in [0.1, 0.15) is 17.9 Å². The fraction of sp³-hybridized carbons (Fsp3) is 0.636. The summed E-state index contributed by atoms with van der Waals surface area (Å²) in [4.78, 5) is 22.0. The van der Waals surface area contributed by atoms with Gasteiger partial charge in [0.15, 0.2) is 0 Å². The summed E-state index contributed by atoms with van der Waals surface area (Å²) in [5, 5.41) is 17.6. The molecule has 1 aromatic rings. The van der Waals surface area contributed by atoms with Gasteiger partial charge in [-0.2, -0.15) is 5.10 Å². The average Bonchev–Trinajstić information content (AvgIpc) is 2.53. The zero-order chi connectivity index (χ0) is 13.9. The number of amides is 1. The third kappa shape index (κ3) is 3.06. The van der Waals surface area contributed by atoms with E-state index in [1.165, 1.54) is 4.68 Å². The maximum Gasteiger partial charge on any atom is 0.312 e. The van der Waals surface area contributed by atoms with E-state index in [0.717, 1.165) is 6.42 Å². The number of rotatable bonds is 5. The van der Waals surface area contributed by atoms with E-state index in [2.05, 4.69) is 10.4 Å². The number of hydrogen-bond acceptors (Lipinski definition) is 4. The molecule has 0 radical (unpaired) electrons. The molecular weight excluding hydrogens is 236 g/mol. The molecule has 0 spiro atoms. The Bertz CT molecular complexity index is 467. The van der Waals surface area contributed by atoms with Gasteiger partial charge in [0.05, 0.1) is 4.92 Å². The van der Waals surface area contributed by atoms with Gasteiger partial charge in [-0.15, -0.1) is 0 Å². The monoisotopic (exact) mass is 254 g/mol. The second-order valence-corrected chi connectivity index (χ2v) is 4.31. The number of hydrogen-bond donors (Lipinski definition) is 1. The predicted molar refractivity (Wildman–Crippen MR) is 66.3 cm³/mol. The minimum Gasteiger partial charge on any atom is -0.352 e. The lowest BCUT2D eigenvalue weighted by atomic mass is 10.2. The molecule has 0 saturated heterocycles. The fourth-order valence-electron chi connectivity index (χ4n) is 1.66. The molecule has 100 valence electrons. The van der Waals surface area contributed by atoms with E-state index in [1.807, 2.05) is 13.8 Å². The van der Waals surface area contributed by atoms with Crippen molar-refractivity contribution in [3.8, 4) is 0 Å². The van der Waals surface area contributed by atoms with Crippen molar-refractivity contribution in [2.75, 3.05) is 0 Å². The molecule has 7 heteroatoms. The maximum absolute atomic E-state index is 11.7. The highest BCUT2D eigenvalue weighted by atomic mass is 16.6. The van der Waals surface area contributed by atoms with Gasteiger partial charge in [-0.1, -0.05) is 6.92 Å². The third-order valence-corrected chi connectivity index (χ3v) is 2.84. The average molecular weight is 254 g/mol. The van der Waals surface area contributed by atoms with Crippen LogP contribution in [0, 0.1) is 24.0 Å². The van der Waals surface area contributed by atoms with Crippen LogP contribution < -0.4 is 5.32 Å². The summed E-state index contributed by atoms with van der Waals surface area (Å²) in [5.74, 6) is -0.190. The lowest BCUT2D eigenvalue weighted by Crippen LogP contribution is -2.35. The van der Waals surface area contributed by atoms with Crippen LogP contribution in [0.25, 0.3) is 0 Å². The first-order chi connectivity index (χ1) is 8.36. The summed E-state index contributed by atoms with van der Waals surface area (Å²) in [7, 11) is 0. The standard InChI is InChI=1S/C11H18N4O3/c1-5-7(2)12-10(16)6-14-9(4)11(15(17)18)8(3)13-14/h7H,5-6H2,1-4H3,(H,12,16). The number of carbonyl (C=O) groups is 1. The third-order valence-electron chi connectivity index (χ3n) is 2.84. The van der Waals surface area contributed by atoms with Crippen LogP contribution in [0.15, 0.2) is 0 Å². The van der Waals surface area contributed by atoms with Gasteiger partial charge < -0.3 is 5.32 Å². The molecule has 18 heavy (non-hydrogen) atoms. The molecule has 0 aliphatic carbocycles. The first-order valence-corrected chi connectivity index (χ1v) is 5.84. The Morgan fingerprint density at radius 1 is 1.56 bits per heavy atom. The molecular formula is C11H18N4O3. The van der Waals surface area contributed by atoms with E-state index >= 15 is 0 Å². The minimum atomic E-state index is -0.471. The number of aromatic nitrogens is 2. The Labute approximate surface area is 105 Å². The lowest BCUT2D eigenvalue weighted by Gasteiger charge is -2.11. The molecule has 7 nitrogen and oxygen atoms in total. The Morgan fingerprint density at radius 2 is 2.17 bits per heavy atom. The highest BCUT2D eigenvalue weighted by Crippen LogP contribution is 2.21. The van der Waals surface area contributed by atoms with E-state index in [9.17, 15) is 14.9 Å². The number of nitrogens with one attached hydrogen (secondary N) is 1. The lowest BCUT2D eigenvalue weighted by molar-refractivity contribution is -0.386. The second-order valence-electron chi connectivity index (χ2n) is 4.31. The van der Waals surface area contributed by atoms with Crippen LogP contribution in [0.4, 0.5) is 5.69 Å². The predicted octanol–water partition coefficient (Wildman–Crippen LogP) is 1.32. The Hall–Kier alpha value is -1.92. The first kappa shape index (κ1) is 14.1. The van der Waals surface area contributed by atoms with Crippen molar-refractivity contribution in [2.45, 2.75) is 46.7 Å². The van der Waals surface area contributed by atoms with E-state index in [4.69, 9.17) is 0 Å². The molecule has 0 bridgehead atoms. The van der Waals surface area contributed by atoms with Crippen molar-refractivity contribution in [3.05, 3.63) is 21.5 Å². The Kier molecular flexibility index (Phi) is 4.41. The van der Waals surface area contributed by atoms with Crippen LogP contribution in [0.2, 0.25) is 0 Å². The summed E-state index contributed by atoms with van der Waals surface area (Å²) in [6.07, 6.45) is 0.836. The van der Waals surface area contributed by atoms with Crippen LogP contribution in [0.1, 0.15) is 31.7 Å². The van der Waals surface area contributed by atoms with Gasteiger partial charge >= 0.3 is 5.69 Å². The van der Waals surface area contributed by atoms with Gasteiger partial charge in [-0.3, -0.25) is 19.6 Å². The summed E-state index contributed by atoms with van der Waals surface area (Å²) >= 11 is 0. The summed E-state index contributed by atoms with van der Waals surface area (Å²) in [6.45, 7) is 7.04. The van der Waals surface area contributed by atoms with Gasteiger partial charge in [-0.25, -0.2) is 0 Å². The normalized spacial score (nSPS) is 12.2. The second kappa shape index (κ2) is 5.61. The first-order valence-electron chi connectivity index (χ1n) is 5.84. The van der Waals surface area contributed by atoms with Crippen LogP contribution in [0.3, 0.4) is 0 Å². The highest BCUT2D eigenvalue weighted by Gasteiger charge is 2.22. The molecule has 0 fully saturated rings. The minimum absolute atomic E-state index is 0.00481. The number of nitro groups is 1. The maximum atomic E-state index is 11.7. The largest absolute Gasteiger partial charge is 0.352 e. The van der Waals surface area contributed by atoms with Gasteiger partial charge in [0.2, 0.25) is 5.91 Å². The van der Waals surface area contributed by atoms with Crippen LogP contribution in [-0.4, -0.2) is 26.7 Å². The summed E-state index contributed by atoms with van der Waals surface area (Å²) < 4.78 is 1.37. The molecule has 0 aliphatic rings. The number of carbonyl (C=O) groups excluding carboxylic acids is 1. The fourth-order valence-corrected chi connectivity index (χ4v) is 1.66. The number of nitrogens with zero attached hydrogens (tertiary/aromatic N) is 3. The van der Waals surface area contributed by atoms with Gasteiger partial charge in [0.25, 0.3) is 0 Å². The number of aryl methyl sites for hydroxylation is 1. The van der Waals surface area contributed by atoms with Crippen molar-refractivity contribution in [1.29, 1.82) is 0 Å². The van der Waals surface area contributed by atoms with Crippen molar-refractivity contribution in [3.63, 3.8) is 0 Å². The van der Waals surface area contributed by atoms with Gasteiger partial charge in [0, 0.05) is 6.04 Å². The summed E-state index contributed by atoms with van der Waals surface area (Å²) in [6, 6.07) is 0.0875.